The average molecular weight is 131 g/mol. The highest BCUT2D eigenvalue weighted by Gasteiger charge is 2.04. The Labute approximate surface area is 52.8 Å². The van der Waals surface area contributed by atoms with Crippen LogP contribution in [0.5, 0.6) is 0 Å². The molecule has 0 aromatic rings. The first-order valence-electron chi connectivity index (χ1n) is 2.65. The number of rotatable bonds is 3. The van der Waals surface area contributed by atoms with Gasteiger partial charge in [0.1, 0.15) is 5.78 Å². The number of carbonyl (C=O) groups excluding carboxylic acids is 2. The summed E-state index contributed by atoms with van der Waals surface area (Å²) < 4.78 is 0. The maximum atomic E-state index is 10.4. The highest BCUT2D eigenvalue weighted by Crippen LogP contribution is 1.86. The third kappa shape index (κ3) is 3.66. The summed E-state index contributed by atoms with van der Waals surface area (Å²) in [6, 6.07) is 0. The number of hydrogen-bond donors (Lipinski definition) is 2. The second kappa shape index (κ2) is 4.03. The van der Waals surface area contributed by atoms with E-state index < -0.39 is 5.91 Å². The van der Waals surface area contributed by atoms with Crippen molar-refractivity contribution in [1.82, 2.24) is 5.48 Å². The molecule has 1 amide bonds. The van der Waals surface area contributed by atoms with Gasteiger partial charge in [0, 0.05) is 6.42 Å². The van der Waals surface area contributed by atoms with Crippen LogP contribution in [-0.4, -0.2) is 16.9 Å². The van der Waals surface area contributed by atoms with Crippen molar-refractivity contribution in [3.05, 3.63) is 0 Å². The molecule has 9 heavy (non-hydrogen) atoms. The molecule has 0 heterocycles. The summed E-state index contributed by atoms with van der Waals surface area (Å²) in [6.45, 7) is 1.66. The van der Waals surface area contributed by atoms with Crippen molar-refractivity contribution >= 4 is 11.7 Å². The van der Waals surface area contributed by atoms with Crippen LogP contribution in [0.4, 0.5) is 0 Å². The lowest BCUT2D eigenvalue weighted by Crippen LogP contribution is -2.21. The topological polar surface area (TPSA) is 66.4 Å². The molecular formula is C5H9NO3. The van der Waals surface area contributed by atoms with Crippen LogP contribution in [-0.2, 0) is 9.59 Å². The Hall–Kier alpha value is -0.900. The van der Waals surface area contributed by atoms with Gasteiger partial charge in [-0.2, -0.15) is 0 Å². The van der Waals surface area contributed by atoms with Gasteiger partial charge in [0.05, 0.1) is 6.42 Å². The van der Waals surface area contributed by atoms with Gasteiger partial charge in [0.2, 0.25) is 0 Å². The van der Waals surface area contributed by atoms with E-state index in [2.05, 4.69) is 0 Å². The monoisotopic (exact) mass is 131 g/mol. The van der Waals surface area contributed by atoms with Gasteiger partial charge in [-0.15, -0.1) is 0 Å². The van der Waals surface area contributed by atoms with E-state index in [1.165, 1.54) is 5.48 Å². The number of carbonyl (C=O) groups is 2. The number of hydrogen-bond acceptors (Lipinski definition) is 3. The van der Waals surface area contributed by atoms with Gasteiger partial charge >= 0.3 is 0 Å². The molecule has 0 aromatic heterocycles. The lowest BCUT2D eigenvalue weighted by Gasteiger charge is -1.93. The highest BCUT2D eigenvalue weighted by atomic mass is 16.5. The number of Topliss-reactive ketones (excluding diaryl/α,β-unsaturated/α-hetero) is 1. The summed E-state index contributed by atoms with van der Waals surface area (Å²) in [6.07, 6.45) is 0.0976. The van der Waals surface area contributed by atoms with Crippen LogP contribution in [0, 0.1) is 0 Å². The zero-order valence-corrected chi connectivity index (χ0v) is 5.18. The third-order valence-corrected chi connectivity index (χ3v) is 0.877. The first kappa shape index (κ1) is 8.10. The molecule has 0 fully saturated rings. The molecule has 52 valence electrons. The molecule has 0 aliphatic heterocycles. The molecule has 0 unspecified atom stereocenters. The molecule has 4 heteroatoms. The minimum absolute atomic E-state index is 0.179. The molecule has 2 N–H and O–H groups in total. The summed E-state index contributed by atoms with van der Waals surface area (Å²) in [5, 5.41) is 7.93. The van der Waals surface area contributed by atoms with E-state index in [1.807, 2.05) is 0 Å². The van der Waals surface area contributed by atoms with E-state index in [9.17, 15) is 9.59 Å². The SMILES string of the molecule is CCC(=O)CC(=O)NO. The van der Waals surface area contributed by atoms with Gasteiger partial charge in [0.15, 0.2) is 0 Å². The summed E-state index contributed by atoms with van der Waals surface area (Å²) in [7, 11) is 0. The van der Waals surface area contributed by atoms with Crippen LogP contribution < -0.4 is 5.48 Å². The van der Waals surface area contributed by atoms with Gasteiger partial charge in [-0.1, -0.05) is 6.92 Å². The Balaban J connectivity index is 3.47. The average Bonchev–Trinajstić information content (AvgIpc) is 1.87. The molecule has 0 saturated heterocycles. The number of amides is 1. The summed E-state index contributed by atoms with van der Waals surface area (Å²) >= 11 is 0. The lowest BCUT2D eigenvalue weighted by atomic mass is 10.2. The van der Waals surface area contributed by atoms with Crippen molar-refractivity contribution in [2.75, 3.05) is 0 Å². The largest absolute Gasteiger partial charge is 0.299 e. The van der Waals surface area contributed by atoms with E-state index in [0.29, 0.717) is 6.42 Å². The summed E-state index contributed by atoms with van der Waals surface area (Å²) in [5.41, 5.74) is 1.37. The van der Waals surface area contributed by atoms with Gasteiger partial charge < -0.3 is 0 Å². The zero-order chi connectivity index (χ0) is 7.28. The standard InChI is InChI=1S/C5H9NO3/c1-2-4(7)3-5(8)6-9/h9H,2-3H2,1H3,(H,6,8). The highest BCUT2D eigenvalue weighted by molar-refractivity contribution is 5.97. The molecule has 0 atom stereocenters. The molecule has 0 aliphatic carbocycles. The van der Waals surface area contributed by atoms with Gasteiger partial charge in [-0.25, -0.2) is 5.48 Å². The number of ketones is 1. The minimum Gasteiger partial charge on any atom is -0.299 e. The summed E-state index contributed by atoms with van der Waals surface area (Å²) in [4.78, 5) is 20.6. The van der Waals surface area contributed by atoms with Crippen LogP contribution in [0.2, 0.25) is 0 Å². The first-order chi connectivity index (χ1) is 4.20. The van der Waals surface area contributed by atoms with Crippen LogP contribution in [0.1, 0.15) is 19.8 Å². The number of hydroxylamine groups is 1. The van der Waals surface area contributed by atoms with Crippen LogP contribution in [0.3, 0.4) is 0 Å². The quantitative estimate of drug-likeness (QED) is 0.318. The van der Waals surface area contributed by atoms with E-state index in [0.717, 1.165) is 0 Å². The molecular weight excluding hydrogens is 122 g/mol. The Bertz CT molecular complexity index is 107. The van der Waals surface area contributed by atoms with E-state index in [-0.39, 0.29) is 12.2 Å². The summed E-state index contributed by atoms with van der Waals surface area (Å²) in [5.74, 6) is -0.830. The fourth-order valence-corrected chi connectivity index (χ4v) is 0.344. The second-order valence-electron chi connectivity index (χ2n) is 1.60. The Morgan fingerprint density at radius 1 is 1.56 bits per heavy atom. The molecule has 0 rings (SSSR count). The number of nitrogens with one attached hydrogen (secondary N) is 1. The van der Waals surface area contributed by atoms with E-state index in [1.54, 1.807) is 6.92 Å². The van der Waals surface area contributed by atoms with Gasteiger partial charge in [-0.3, -0.25) is 14.8 Å². The molecule has 0 aromatic carbocycles. The van der Waals surface area contributed by atoms with Crippen molar-refractivity contribution in [3.8, 4) is 0 Å². The fraction of sp³-hybridized carbons (Fsp3) is 0.600. The van der Waals surface area contributed by atoms with E-state index >= 15 is 0 Å². The molecule has 0 saturated carbocycles. The van der Waals surface area contributed by atoms with Crippen molar-refractivity contribution in [3.63, 3.8) is 0 Å². The Kier molecular flexibility index (Phi) is 3.62. The van der Waals surface area contributed by atoms with Gasteiger partial charge in [0.25, 0.3) is 5.91 Å². The first-order valence-corrected chi connectivity index (χ1v) is 2.65. The van der Waals surface area contributed by atoms with Crippen LogP contribution >= 0.6 is 0 Å². The van der Waals surface area contributed by atoms with Crippen molar-refractivity contribution in [2.24, 2.45) is 0 Å². The Morgan fingerprint density at radius 2 is 2.11 bits per heavy atom. The molecule has 0 aliphatic rings. The van der Waals surface area contributed by atoms with Crippen LogP contribution in [0.25, 0.3) is 0 Å². The van der Waals surface area contributed by atoms with Crippen molar-refractivity contribution in [1.29, 1.82) is 0 Å². The normalized spacial score (nSPS) is 8.67. The van der Waals surface area contributed by atoms with E-state index in [4.69, 9.17) is 5.21 Å². The maximum Gasteiger partial charge on any atom is 0.250 e. The van der Waals surface area contributed by atoms with Crippen molar-refractivity contribution < 1.29 is 14.8 Å². The molecule has 0 bridgehead atoms. The van der Waals surface area contributed by atoms with Gasteiger partial charge in [-0.05, 0) is 0 Å². The molecule has 0 radical (unpaired) electrons. The second-order valence-corrected chi connectivity index (χ2v) is 1.60. The smallest absolute Gasteiger partial charge is 0.250 e. The zero-order valence-electron chi connectivity index (χ0n) is 5.18. The van der Waals surface area contributed by atoms with Crippen molar-refractivity contribution in [2.45, 2.75) is 19.8 Å². The minimum atomic E-state index is -0.651. The molecule has 4 nitrogen and oxygen atoms in total. The Morgan fingerprint density at radius 3 is 2.44 bits per heavy atom. The van der Waals surface area contributed by atoms with Crippen LogP contribution in [0.15, 0.2) is 0 Å². The molecule has 0 spiro atoms. The maximum absolute atomic E-state index is 10.4. The predicted octanol–water partition coefficient (Wildman–Crippen LogP) is -0.139. The third-order valence-electron chi connectivity index (χ3n) is 0.877. The fourth-order valence-electron chi connectivity index (χ4n) is 0.344. The lowest BCUT2D eigenvalue weighted by molar-refractivity contribution is -0.133. The predicted molar refractivity (Wildman–Crippen MR) is 29.8 cm³/mol.